The highest BCUT2D eigenvalue weighted by atomic mass is 15.3. The minimum Gasteiger partial charge on any atom is -0.329 e. The SMILES string of the molecule is C=CCN1CCN(C(C)CN)CC1. The van der Waals surface area contributed by atoms with Crippen molar-refractivity contribution in [1.82, 2.24) is 9.80 Å². The molecule has 0 amide bonds. The summed E-state index contributed by atoms with van der Waals surface area (Å²) in [4.78, 5) is 4.88. The van der Waals surface area contributed by atoms with Gasteiger partial charge >= 0.3 is 0 Å². The van der Waals surface area contributed by atoms with Crippen molar-refractivity contribution in [1.29, 1.82) is 0 Å². The van der Waals surface area contributed by atoms with Crippen LogP contribution in [-0.2, 0) is 0 Å². The molecule has 0 radical (unpaired) electrons. The third-order valence-electron chi connectivity index (χ3n) is 2.76. The molecule has 0 aromatic rings. The highest BCUT2D eigenvalue weighted by Crippen LogP contribution is 2.04. The summed E-state index contributed by atoms with van der Waals surface area (Å²) in [6, 6.07) is 0.533. The first kappa shape index (κ1) is 10.7. The first-order valence-electron chi connectivity index (χ1n) is 5.05. The zero-order chi connectivity index (χ0) is 9.68. The molecule has 0 bridgehead atoms. The number of rotatable bonds is 4. The van der Waals surface area contributed by atoms with Crippen molar-refractivity contribution >= 4 is 0 Å². The predicted octanol–water partition coefficient (Wildman–Crippen LogP) is 0.137. The van der Waals surface area contributed by atoms with Crippen LogP contribution in [0.5, 0.6) is 0 Å². The van der Waals surface area contributed by atoms with Crippen molar-refractivity contribution in [2.45, 2.75) is 13.0 Å². The minimum absolute atomic E-state index is 0.533. The Bertz CT molecular complexity index is 150. The topological polar surface area (TPSA) is 32.5 Å². The van der Waals surface area contributed by atoms with Gasteiger partial charge in [0.1, 0.15) is 0 Å². The van der Waals surface area contributed by atoms with Crippen LogP contribution in [0, 0.1) is 0 Å². The van der Waals surface area contributed by atoms with Crippen LogP contribution in [0.15, 0.2) is 12.7 Å². The molecule has 3 nitrogen and oxygen atoms in total. The average molecular weight is 183 g/mol. The molecule has 3 heteroatoms. The quantitative estimate of drug-likeness (QED) is 0.629. The first-order valence-corrected chi connectivity index (χ1v) is 5.05. The Morgan fingerprint density at radius 2 is 2.00 bits per heavy atom. The van der Waals surface area contributed by atoms with E-state index in [0.717, 1.165) is 39.3 Å². The van der Waals surface area contributed by atoms with Crippen LogP contribution in [0.3, 0.4) is 0 Å². The van der Waals surface area contributed by atoms with Crippen LogP contribution in [0.25, 0.3) is 0 Å². The van der Waals surface area contributed by atoms with Crippen molar-refractivity contribution in [3.8, 4) is 0 Å². The van der Waals surface area contributed by atoms with Crippen LogP contribution in [0.1, 0.15) is 6.92 Å². The fourth-order valence-corrected chi connectivity index (χ4v) is 1.72. The van der Waals surface area contributed by atoms with E-state index in [4.69, 9.17) is 5.73 Å². The van der Waals surface area contributed by atoms with Gasteiger partial charge in [0.25, 0.3) is 0 Å². The molecule has 1 rings (SSSR count). The molecule has 1 saturated heterocycles. The number of hydrogen-bond acceptors (Lipinski definition) is 3. The summed E-state index contributed by atoms with van der Waals surface area (Å²) in [6.07, 6.45) is 1.97. The molecule has 13 heavy (non-hydrogen) atoms. The van der Waals surface area contributed by atoms with E-state index in [0.29, 0.717) is 6.04 Å². The van der Waals surface area contributed by atoms with Gasteiger partial charge in [-0.2, -0.15) is 0 Å². The Hall–Kier alpha value is -0.380. The second-order valence-corrected chi connectivity index (χ2v) is 3.71. The summed E-state index contributed by atoms with van der Waals surface area (Å²) < 4.78 is 0. The van der Waals surface area contributed by atoms with Gasteiger partial charge in [-0.05, 0) is 6.92 Å². The normalized spacial score (nSPS) is 22.9. The Morgan fingerprint density at radius 1 is 1.38 bits per heavy atom. The van der Waals surface area contributed by atoms with Crippen molar-refractivity contribution in [2.24, 2.45) is 5.73 Å². The molecule has 76 valence electrons. The summed E-state index contributed by atoms with van der Waals surface area (Å²) in [5.41, 5.74) is 5.62. The van der Waals surface area contributed by atoms with Crippen LogP contribution in [0.4, 0.5) is 0 Å². The highest BCUT2D eigenvalue weighted by Gasteiger charge is 2.18. The lowest BCUT2D eigenvalue weighted by Crippen LogP contribution is -2.51. The molecule has 0 aromatic heterocycles. The van der Waals surface area contributed by atoms with E-state index in [1.165, 1.54) is 0 Å². The maximum absolute atomic E-state index is 5.62. The Kier molecular flexibility index (Phi) is 4.42. The molecule has 2 N–H and O–H groups in total. The molecule has 0 spiro atoms. The number of hydrogen-bond donors (Lipinski definition) is 1. The van der Waals surface area contributed by atoms with E-state index in [-0.39, 0.29) is 0 Å². The van der Waals surface area contributed by atoms with Gasteiger partial charge < -0.3 is 5.73 Å². The molecule has 1 unspecified atom stereocenters. The zero-order valence-corrected chi connectivity index (χ0v) is 8.58. The lowest BCUT2D eigenvalue weighted by Gasteiger charge is -2.37. The maximum Gasteiger partial charge on any atom is 0.0191 e. The van der Waals surface area contributed by atoms with Gasteiger partial charge in [0.15, 0.2) is 0 Å². The van der Waals surface area contributed by atoms with E-state index in [1.54, 1.807) is 0 Å². The lowest BCUT2D eigenvalue weighted by molar-refractivity contribution is 0.113. The molecule has 1 fully saturated rings. The molecule has 0 aliphatic carbocycles. The Morgan fingerprint density at radius 3 is 2.46 bits per heavy atom. The first-order chi connectivity index (χ1) is 6.27. The molecule has 0 saturated carbocycles. The van der Waals surface area contributed by atoms with Crippen LogP contribution < -0.4 is 5.73 Å². The van der Waals surface area contributed by atoms with E-state index >= 15 is 0 Å². The van der Waals surface area contributed by atoms with Gasteiger partial charge in [-0.15, -0.1) is 6.58 Å². The Balaban J connectivity index is 2.25. The summed E-state index contributed by atoms with van der Waals surface area (Å²) in [5.74, 6) is 0. The molecular weight excluding hydrogens is 162 g/mol. The zero-order valence-electron chi connectivity index (χ0n) is 8.58. The number of piperazine rings is 1. The van der Waals surface area contributed by atoms with Gasteiger partial charge in [-0.1, -0.05) is 6.08 Å². The fraction of sp³-hybridized carbons (Fsp3) is 0.800. The van der Waals surface area contributed by atoms with Crippen molar-refractivity contribution in [3.05, 3.63) is 12.7 Å². The lowest BCUT2D eigenvalue weighted by atomic mass is 10.2. The summed E-state index contributed by atoms with van der Waals surface area (Å²) >= 11 is 0. The van der Waals surface area contributed by atoms with Gasteiger partial charge in [-0.25, -0.2) is 0 Å². The van der Waals surface area contributed by atoms with Crippen LogP contribution in [-0.4, -0.2) is 55.1 Å². The van der Waals surface area contributed by atoms with Gasteiger partial charge in [0.05, 0.1) is 0 Å². The van der Waals surface area contributed by atoms with Gasteiger partial charge in [0.2, 0.25) is 0 Å². The standard InChI is InChI=1S/C10H21N3/c1-3-4-12-5-7-13(8-6-12)10(2)9-11/h3,10H,1,4-9,11H2,2H3. The average Bonchev–Trinajstić information content (AvgIpc) is 2.18. The molecule has 1 atom stereocenters. The highest BCUT2D eigenvalue weighted by molar-refractivity contribution is 4.80. The summed E-state index contributed by atoms with van der Waals surface area (Å²) in [5, 5.41) is 0. The number of nitrogens with zero attached hydrogens (tertiary/aromatic N) is 2. The van der Waals surface area contributed by atoms with E-state index in [1.807, 2.05) is 6.08 Å². The summed E-state index contributed by atoms with van der Waals surface area (Å²) in [7, 11) is 0. The summed E-state index contributed by atoms with van der Waals surface area (Å²) in [6.45, 7) is 12.3. The van der Waals surface area contributed by atoms with Crippen LogP contribution in [0.2, 0.25) is 0 Å². The largest absolute Gasteiger partial charge is 0.329 e. The van der Waals surface area contributed by atoms with E-state index in [9.17, 15) is 0 Å². The van der Waals surface area contributed by atoms with Crippen molar-refractivity contribution in [3.63, 3.8) is 0 Å². The minimum atomic E-state index is 0.533. The second kappa shape index (κ2) is 5.37. The van der Waals surface area contributed by atoms with Crippen LogP contribution >= 0.6 is 0 Å². The second-order valence-electron chi connectivity index (χ2n) is 3.71. The van der Waals surface area contributed by atoms with Crippen molar-refractivity contribution < 1.29 is 0 Å². The predicted molar refractivity (Wildman–Crippen MR) is 56.7 cm³/mol. The maximum atomic E-state index is 5.62. The molecule has 1 aliphatic heterocycles. The molecule has 1 aliphatic rings. The molecule has 0 aromatic carbocycles. The third-order valence-corrected chi connectivity index (χ3v) is 2.76. The van der Waals surface area contributed by atoms with E-state index in [2.05, 4.69) is 23.3 Å². The Labute approximate surface area is 81.2 Å². The molecule has 1 heterocycles. The molecular formula is C10H21N3. The smallest absolute Gasteiger partial charge is 0.0191 e. The third kappa shape index (κ3) is 3.10. The number of nitrogens with two attached hydrogens (primary N) is 1. The fourth-order valence-electron chi connectivity index (χ4n) is 1.72. The van der Waals surface area contributed by atoms with Gasteiger partial charge in [0, 0.05) is 45.3 Å². The van der Waals surface area contributed by atoms with E-state index < -0.39 is 0 Å². The monoisotopic (exact) mass is 183 g/mol. The van der Waals surface area contributed by atoms with Crippen molar-refractivity contribution in [2.75, 3.05) is 39.3 Å². The van der Waals surface area contributed by atoms with Gasteiger partial charge in [-0.3, -0.25) is 9.80 Å².